The smallest absolute Gasteiger partial charge is 0.265 e. The molecule has 0 fully saturated rings. The minimum absolute atomic E-state index is 0. The van der Waals surface area contributed by atoms with Crippen molar-refractivity contribution >= 4 is 34.8 Å². The van der Waals surface area contributed by atoms with Crippen molar-refractivity contribution in [1.29, 1.82) is 0 Å². The summed E-state index contributed by atoms with van der Waals surface area (Å²) < 4.78 is 35.0. The van der Waals surface area contributed by atoms with Crippen LogP contribution >= 0.6 is 24.8 Å². The van der Waals surface area contributed by atoms with Gasteiger partial charge in [-0.3, -0.25) is 4.84 Å². The number of nitrogens with two attached hydrogens (primary N) is 2. The second-order valence-electron chi connectivity index (χ2n) is 9.08. The third-order valence-corrected chi connectivity index (χ3v) is 8.02. The summed E-state index contributed by atoms with van der Waals surface area (Å²) in [6.07, 6.45) is 5.80. The topological polar surface area (TPSA) is 108 Å². The van der Waals surface area contributed by atoms with Gasteiger partial charge in [0.1, 0.15) is 11.4 Å². The zero-order valence-electron chi connectivity index (χ0n) is 20.7. The van der Waals surface area contributed by atoms with Crippen LogP contribution in [-0.2, 0) is 21.3 Å². The summed E-state index contributed by atoms with van der Waals surface area (Å²) in [6.45, 7) is 11.5. The standard InChI is InChI=1S/C23H41N3O4S.2ClH/c1-17-18(2)22(19(3)20-11-12-23(4,5)30-21(17)20)31(27,28)26(29-16-10-14-25)15-9-7-6-8-13-24;;/h6-16,24-25H2,1-5H3;2*1H. The van der Waals surface area contributed by atoms with E-state index in [1.807, 2.05) is 20.8 Å². The predicted octanol–water partition coefficient (Wildman–Crippen LogP) is 4.35. The number of benzene rings is 1. The van der Waals surface area contributed by atoms with Crippen molar-refractivity contribution in [3.8, 4) is 5.75 Å². The molecule has 0 saturated heterocycles. The van der Waals surface area contributed by atoms with Gasteiger partial charge in [-0.2, -0.15) is 0 Å². The van der Waals surface area contributed by atoms with Gasteiger partial charge in [0.15, 0.2) is 0 Å². The highest BCUT2D eigenvalue weighted by Gasteiger charge is 2.36. The Kier molecular flexibility index (Phi) is 13.8. The van der Waals surface area contributed by atoms with Crippen molar-refractivity contribution < 1.29 is 18.0 Å². The highest BCUT2D eigenvalue weighted by atomic mass is 35.5. The number of ether oxygens (including phenoxy) is 1. The van der Waals surface area contributed by atoms with Crippen LogP contribution in [0.2, 0.25) is 0 Å². The number of rotatable bonds is 12. The van der Waals surface area contributed by atoms with E-state index in [4.69, 9.17) is 21.0 Å². The highest BCUT2D eigenvalue weighted by molar-refractivity contribution is 7.89. The monoisotopic (exact) mass is 527 g/mol. The number of hydrogen-bond donors (Lipinski definition) is 2. The summed E-state index contributed by atoms with van der Waals surface area (Å²) >= 11 is 0. The first kappa shape index (κ1) is 32.4. The molecule has 0 spiro atoms. The third kappa shape index (κ3) is 7.95. The van der Waals surface area contributed by atoms with E-state index in [-0.39, 0.29) is 37.0 Å². The molecule has 1 aliphatic rings. The lowest BCUT2D eigenvalue weighted by molar-refractivity contribution is -0.0854. The van der Waals surface area contributed by atoms with Crippen molar-refractivity contribution in [2.75, 3.05) is 26.2 Å². The van der Waals surface area contributed by atoms with Crippen LogP contribution in [0.5, 0.6) is 5.75 Å². The molecule has 10 heteroatoms. The maximum absolute atomic E-state index is 13.8. The van der Waals surface area contributed by atoms with Crippen molar-refractivity contribution in [2.45, 2.75) is 90.1 Å². The van der Waals surface area contributed by atoms with E-state index < -0.39 is 10.0 Å². The molecule has 1 aromatic rings. The average molecular weight is 529 g/mol. The molecule has 0 atom stereocenters. The lowest BCUT2D eigenvalue weighted by Gasteiger charge is -2.36. The molecule has 7 nitrogen and oxygen atoms in total. The van der Waals surface area contributed by atoms with Gasteiger partial charge in [0.2, 0.25) is 0 Å². The number of fused-ring (bicyclic) bond motifs is 1. The van der Waals surface area contributed by atoms with Crippen LogP contribution < -0.4 is 16.2 Å². The molecule has 0 radical (unpaired) electrons. The van der Waals surface area contributed by atoms with E-state index in [9.17, 15) is 8.42 Å². The van der Waals surface area contributed by atoms with Gasteiger partial charge in [0.05, 0.1) is 11.5 Å². The van der Waals surface area contributed by atoms with Gasteiger partial charge in [0.25, 0.3) is 10.0 Å². The van der Waals surface area contributed by atoms with Gasteiger partial charge >= 0.3 is 0 Å². The number of nitrogens with zero attached hydrogens (tertiary/aromatic N) is 1. The summed E-state index contributed by atoms with van der Waals surface area (Å²) in [5.74, 6) is 0.836. The summed E-state index contributed by atoms with van der Waals surface area (Å²) in [5, 5.41) is 0. The van der Waals surface area contributed by atoms with Gasteiger partial charge in [-0.05, 0) is 102 Å². The highest BCUT2D eigenvalue weighted by Crippen LogP contribution is 2.42. The molecule has 0 unspecified atom stereocenters. The fourth-order valence-corrected chi connectivity index (χ4v) is 5.92. The van der Waals surface area contributed by atoms with Crippen molar-refractivity contribution in [2.24, 2.45) is 11.5 Å². The Morgan fingerprint density at radius 2 is 1.55 bits per heavy atom. The Morgan fingerprint density at radius 3 is 2.15 bits per heavy atom. The fourth-order valence-electron chi connectivity index (χ4n) is 4.08. The lowest BCUT2D eigenvalue weighted by Crippen LogP contribution is -2.36. The molecule has 0 aliphatic carbocycles. The summed E-state index contributed by atoms with van der Waals surface area (Å²) in [6, 6.07) is 0. The van der Waals surface area contributed by atoms with E-state index in [2.05, 4.69) is 13.8 Å². The van der Waals surface area contributed by atoms with E-state index in [1.54, 1.807) is 0 Å². The number of halogens is 2. The van der Waals surface area contributed by atoms with Gasteiger partial charge in [-0.1, -0.05) is 17.3 Å². The Balaban J connectivity index is 0.00000512. The minimum atomic E-state index is -3.83. The molecule has 194 valence electrons. The van der Waals surface area contributed by atoms with Gasteiger partial charge in [-0.15, -0.1) is 24.8 Å². The molecule has 33 heavy (non-hydrogen) atoms. The number of unbranched alkanes of at least 4 members (excludes halogenated alkanes) is 3. The number of sulfonamides is 1. The summed E-state index contributed by atoms with van der Waals surface area (Å²) in [5.41, 5.74) is 14.3. The molecule has 0 saturated carbocycles. The number of hydrogen-bond acceptors (Lipinski definition) is 6. The molecule has 0 bridgehead atoms. The molecule has 0 aromatic heterocycles. The third-order valence-electron chi connectivity index (χ3n) is 6.07. The Morgan fingerprint density at radius 1 is 0.939 bits per heavy atom. The second-order valence-corrected chi connectivity index (χ2v) is 10.8. The average Bonchev–Trinajstić information content (AvgIpc) is 2.69. The van der Waals surface area contributed by atoms with Crippen molar-refractivity contribution in [1.82, 2.24) is 4.47 Å². The summed E-state index contributed by atoms with van der Waals surface area (Å²) in [4.78, 5) is 6.09. The Bertz CT molecular complexity index is 864. The minimum Gasteiger partial charge on any atom is -0.487 e. The van der Waals surface area contributed by atoms with Crippen LogP contribution in [0.1, 0.15) is 74.6 Å². The predicted molar refractivity (Wildman–Crippen MR) is 139 cm³/mol. The van der Waals surface area contributed by atoms with Gasteiger partial charge < -0.3 is 16.2 Å². The van der Waals surface area contributed by atoms with E-state index in [0.717, 1.165) is 66.5 Å². The summed E-state index contributed by atoms with van der Waals surface area (Å²) in [7, 11) is -3.83. The largest absolute Gasteiger partial charge is 0.487 e. The first-order valence-electron chi connectivity index (χ1n) is 11.4. The molecule has 4 N–H and O–H groups in total. The fraction of sp³-hybridized carbons (Fsp3) is 0.739. The van der Waals surface area contributed by atoms with E-state index in [1.165, 1.54) is 4.47 Å². The maximum Gasteiger partial charge on any atom is 0.265 e. The Hall–Kier alpha value is -0.610. The number of hydroxylamine groups is 1. The van der Waals surface area contributed by atoms with E-state index in [0.29, 0.717) is 31.0 Å². The first-order chi connectivity index (χ1) is 14.6. The van der Waals surface area contributed by atoms with Crippen LogP contribution in [0.3, 0.4) is 0 Å². The first-order valence-corrected chi connectivity index (χ1v) is 12.9. The van der Waals surface area contributed by atoms with Crippen LogP contribution in [0, 0.1) is 20.8 Å². The molecule has 1 aliphatic heterocycles. The van der Waals surface area contributed by atoms with Crippen LogP contribution in [0.25, 0.3) is 0 Å². The quantitative estimate of drug-likeness (QED) is 0.309. The SMILES string of the molecule is Cc1c(C)c(S(=O)(=O)N(CCCCCCN)OCCCN)c(C)c2c1OC(C)(C)CC2.Cl.Cl. The zero-order chi connectivity index (χ0) is 23.2. The zero-order valence-corrected chi connectivity index (χ0v) is 23.2. The normalized spacial score (nSPS) is 14.8. The van der Waals surface area contributed by atoms with Crippen molar-refractivity contribution in [3.05, 3.63) is 22.3 Å². The molecule has 1 heterocycles. The molecule has 2 rings (SSSR count). The van der Waals surface area contributed by atoms with Gasteiger partial charge in [0, 0.05) is 6.54 Å². The second kappa shape index (κ2) is 14.1. The molecule has 1 aromatic carbocycles. The maximum atomic E-state index is 13.8. The van der Waals surface area contributed by atoms with Crippen LogP contribution in [0.15, 0.2) is 4.90 Å². The molecular formula is C23H43Cl2N3O4S. The molecule has 0 amide bonds. The Labute approximate surface area is 212 Å². The molecular weight excluding hydrogens is 485 g/mol. The van der Waals surface area contributed by atoms with Crippen molar-refractivity contribution in [3.63, 3.8) is 0 Å². The van der Waals surface area contributed by atoms with Crippen LogP contribution in [-0.4, -0.2) is 44.7 Å². The van der Waals surface area contributed by atoms with Gasteiger partial charge in [-0.25, -0.2) is 8.42 Å². The van der Waals surface area contributed by atoms with Crippen LogP contribution in [0.4, 0.5) is 0 Å². The lowest BCUT2D eigenvalue weighted by atomic mass is 9.88. The van der Waals surface area contributed by atoms with E-state index >= 15 is 0 Å².